The van der Waals surface area contributed by atoms with Gasteiger partial charge in [-0.1, -0.05) is 36.4 Å². The Morgan fingerprint density at radius 2 is 1.84 bits per heavy atom. The first-order valence-corrected chi connectivity index (χ1v) is 14.1. The Morgan fingerprint density at radius 1 is 1.02 bits per heavy atom. The normalized spacial score (nSPS) is 15.2. The lowest BCUT2D eigenvalue weighted by Crippen LogP contribution is -2.39. The predicted octanol–water partition coefficient (Wildman–Crippen LogP) is 5.31. The van der Waals surface area contributed by atoms with Gasteiger partial charge in [0.05, 0.1) is 11.8 Å². The van der Waals surface area contributed by atoms with Gasteiger partial charge in [-0.15, -0.1) is 8.78 Å². The standard InChI is InChI=1S/C32H24F2N6O4/c33-32(34)43-25-11-9-23(15-26(25)44-32)40(22-7-8-22)27(41)17-39-31(42)30-29(35-18-36-30)28(37-39)21-6-10-24-20(14-21)12-13-38(24)16-19-4-2-1-3-5-19/h1-6,9-15,18,22H,7-8,16-17H2,(H,35,36). The minimum atomic E-state index is -3.77. The molecule has 3 aromatic heterocycles. The summed E-state index contributed by atoms with van der Waals surface area (Å²) in [6.07, 6.45) is 1.18. The van der Waals surface area contributed by atoms with Crippen molar-refractivity contribution in [1.82, 2.24) is 24.3 Å². The van der Waals surface area contributed by atoms with Crippen LogP contribution in [0.25, 0.3) is 33.2 Å². The van der Waals surface area contributed by atoms with Crippen molar-refractivity contribution in [2.75, 3.05) is 4.90 Å². The Kier molecular flexibility index (Phi) is 5.80. The number of ether oxygens (including phenoxy) is 2. The number of carbonyl (C=O) groups excluding carboxylic acids is 1. The fourth-order valence-corrected chi connectivity index (χ4v) is 5.73. The number of alkyl halides is 2. The van der Waals surface area contributed by atoms with Crippen molar-refractivity contribution in [3.8, 4) is 22.8 Å². The van der Waals surface area contributed by atoms with Gasteiger partial charge in [0, 0.05) is 47.0 Å². The minimum Gasteiger partial charge on any atom is -0.395 e. The molecule has 12 heteroatoms. The lowest BCUT2D eigenvalue weighted by atomic mass is 10.1. The van der Waals surface area contributed by atoms with Gasteiger partial charge in [0.1, 0.15) is 12.2 Å². The van der Waals surface area contributed by atoms with E-state index in [1.54, 1.807) is 0 Å². The van der Waals surface area contributed by atoms with E-state index in [1.165, 1.54) is 35.0 Å². The van der Waals surface area contributed by atoms with Gasteiger partial charge >= 0.3 is 6.29 Å². The Labute approximate surface area is 248 Å². The van der Waals surface area contributed by atoms with Gasteiger partial charge in [-0.25, -0.2) is 9.67 Å². The summed E-state index contributed by atoms with van der Waals surface area (Å²) in [7, 11) is 0. The van der Waals surface area contributed by atoms with E-state index in [2.05, 4.69) is 41.2 Å². The third-order valence-electron chi connectivity index (χ3n) is 7.90. The number of carbonyl (C=O) groups is 1. The van der Waals surface area contributed by atoms with Crippen LogP contribution in [0.15, 0.2) is 90.1 Å². The van der Waals surface area contributed by atoms with Crippen LogP contribution in [0.2, 0.25) is 0 Å². The van der Waals surface area contributed by atoms with Gasteiger partial charge in [0.15, 0.2) is 17.0 Å². The highest BCUT2D eigenvalue weighted by molar-refractivity contribution is 5.96. The number of halogens is 2. The Morgan fingerprint density at radius 3 is 2.66 bits per heavy atom. The highest BCUT2D eigenvalue weighted by atomic mass is 19.3. The number of hydrogen-bond donors (Lipinski definition) is 1. The molecule has 0 bridgehead atoms. The number of benzene rings is 3. The van der Waals surface area contributed by atoms with E-state index in [-0.39, 0.29) is 29.6 Å². The van der Waals surface area contributed by atoms with Crippen molar-refractivity contribution in [2.24, 2.45) is 0 Å². The molecule has 0 saturated heterocycles. The fourth-order valence-electron chi connectivity index (χ4n) is 5.73. The smallest absolute Gasteiger partial charge is 0.395 e. The lowest BCUT2D eigenvalue weighted by molar-refractivity contribution is -0.286. The lowest BCUT2D eigenvalue weighted by Gasteiger charge is -2.23. The van der Waals surface area contributed by atoms with Crippen LogP contribution in [0.5, 0.6) is 11.5 Å². The summed E-state index contributed by atoms with van der Waals surface area (Å²) in [6.45, 7) is 0.356. The minimum absolute atomic E-state index is 0.110. The van der Waals surface area contributed by atoms with Gasteiger partial charge in [0.2, 0.25) is 5.91 Å². The molecule has 1 amide bonds. The molecule has 220 valence electrons. The summed E-state index contributed by atoms with van der Waals surface area (Å²) in [5.41, 5.74) is 3.94. The molecular weight excluding hydrogens is 570 g/mol. The van der Waals surface area contributed by atoms with Gasteiger partial charge in [-0.2, -0.15) is 5.10 Å². The van der Waals surface area contributed by atoms with Crippen molar-refractivity contribution < 1.29 is 23.0 Å². The van der Waals surface area contributed by atoms with Crippen molar-refractivity contribution in [2.45, 2.75) is 38.3 Å². The van der Waals surface area contributed by atoms with Gasteiger partial charge in [-0.05, 0) is 48.7 Å². The number of H-pyrrole nitrogens is 1. The van der Waals surface area contributed by atoms with E-state index < -0.39 is 17.8 Å². The molecule has 8 rings (SSSR count). The Balaban J connectivity index is 1.13. The number of imidazole rings is 1. The summed E-state index contributed by atoms with van der Waals surface area (Å²) in [5.74, 6) is -0.683. The molecule has 1 fully saturated rings. The maximum atomic E-state index is 13.7. The predicted molar refractivity (Wildman–Crippen MR) is 158 cm³/mol. The first kappa shape index (κ1) is 26.1. The van der Waals surface area contributed by atoms with E-state index in [0.29, 0.717) is 16.9 Å². The SMILES string of the molecule is O=C(Cn1nc(-c2ccc3c(ccn3Cc3ccccc3)c2)c2[nH]cnc2c1=O)N(c1ccc2c(c1)OC(F)(F)O2)C1CC1. The number of nitrogens with one attached hydrogen (secondary N) is 1. The van der Waals surface area contributed by atoms with Crippen LogP contribution in [0.4, 0.5) is 14.5 Å². The van der Waals surface area contributed by atoms with Crippen molar-refractivity contribution in [1.29, 1.82) is 0 Å². The van der Waals surface area contributed by atoms with Crippen molar-refractivity contribution in [3.05, 3.63) is 101 Å². The zero-order valence-electron chi connectivity index (χ0n) is 23.1. The molecule has 3 aromatic carbocycles. The van der Waals surface area contributed by atoms with Crippen LogP contribution in [-0.4, -0.2) is 42.6 Å². The van der Waals surface area contributed by atoms with E-state index in [0.717, 1.165) is 40.5 Å². The van der Waals surface area contributed by atoms with Gasteiger partial charge < -0.3 is 23.9 Å². The summed E-state index contributed by atoms with van der Waals surface area (Å²) in [4.78, 5) is 35.9. The molecule has 10 nitrogen and oxygen atoms in total. The fraction of sp³-hybridized carbons (Fsp3) is 0.188. The second-order valence-corrected chi connectivity index (χ2v) is 10.9. The molecule has 1 aliphatic heterocycles. The highest BCUT2D eigenvalue weighted by Gasteiger charge is 2.44. The average Bonchev–Trinajstić information content (AvgIpc) is 3.41. The number of anilines is 1. The van der Waals surface area contributed by atoms with Gasteiger partial charge in [0.25, 0.3) is 5.56 Å². The van der Waals surface area contributed by atoms with Crippen LogP contribution in [0.3, 0.4) is 0 Å². The van der Waals surface area contributed by atoms with Crippen LogP contribution >= 0.6 is 0 Å². The summed E-state index contributed by atoms with van der Waals surface area (Å²) < 4.78 is 39.6. The van der Waals surface area contributed by atoms with E-state index in [4.69, 9.17) is 0 Å². The molecule has 0 unspecified atom stereocenters. The van der Waals surface area contributed by atoms with Gasteiger partial charge in [-0.3, -0.25) is 9.59 Å². The molecular formula is C32H24F2N6O4. The largest absolute Gasteiger partial charge is 0.586 e. The third-order valence-corrected chi connectivity index (χ3v) is 7.90. The second kappa shape index (κ2) is 9.76. The Bertz CT molecular complexity index is 2130. The number of aromatic nitrogens is 5. The quantitative estimate of drug-likeness (QED) is 0.269. The van der Waals surface area contributed by atoms with Crippen LogP contribution in [0.1, 0.15) is 18.4 Å². The molecule has 44 heavy (non-hydrogen) atoms. The zero-order chi connectivity index (χ0) is 30.0. The Hall–Kier alpha value is -5.52. The molecule has 0 atom stereocenters. The van der Waals surface area contributed by atoms with Crippen molar-refractivity contribution >= 4 is 33.5 Å². The van der Waals surface area contributed by atoms with E-state index >= 15 is 0 Å². The highest BCUT2D eigenvalue weighted by Crippen LogP contribution is 2.44. The molecule has 4 heterocycles. The molecule has 1 N–H and O–H groups in total. The summed E-state index contributed by atoms with van der Waals surface area (Å²) in [5, 5.41) is 5.63. The second-order valence-electron chi connectivity index (χ2n) is 10.9. The number of amides is 1. The number of aromatic amines is 1. The van der Waals surface area contributed by atoms with Crippen LogP contribution in [0, 0.1) is 0 Å². The number of nitrogens with zero attached hydrogens (tertiary/aromatic N) is 5. The molecule has 6 aromatic rings. The zero-order valence-corrected chi connectivity index (χ0v) is 23.1. The third kappa shape index (κ3) is 4.55. The van der Waals surface area contributed by atoms with Crippen LogP contribution < -0.4 is 19.9 Å². The maximum Gasteiger partial charge on any atom is 0.586 e. The number of hydrogen-bond acceptors (Lipinski definition) is 6. The first-order chi connectivity index (χ1) is 21.3. The molecule has 2 aliphatic rings. The molecule has 0 spiro atoms. The monoisotopic (exact) mass is 594 g/mol. The maximum absolute atomic E-state index is 13.7. The van der Waals surface area contributed by atoms with Crippen molar-refractivity contribution in [3.63, 3.8) is 0 Å². The number of rotatable bonds is 7. The number of fused-ring (bicyclic) bond motifs is 3. The van der Waals surface area contributed by atoms with Crippen LogP contribution in [-0.2, 0) is 17.9 Å². The molecule has 0 radical (unpaired) electrons. The molecule has 1 aliphatic carbocycles. The van der Waals surface area contributed by atoms with E-state index in [9.17, 15) is 18.4 Å². The van der Waals surface area contributed by atoms with E-state index in [1.807, 2.05) is 48.7 Å². The molecule has 1 saturated carbocycles. The summed E-state index contributed by atoms with van der Waals surface area (Å²) >= 11 is 0. The first-order valence-electron chi connectivity index (χ1n) is 14.1. The average molecular weight is 595 g/mol. The topological polar surface area (TPSA) is 107 Å². The summed E-state index contributed by atoms with van der Waals surface area (Å²) in [6, 6.07) is 22.2.